The van der Waals surface area contributed by atoms with Crippen molar-refractivity contribution in [3.8, 4) is 0 Å². The number of aliphatic hydroxyl groups is 1. The summed E-state index contributed by atoms with van der Waals surface area (Å²) in [5.74, 6) is -0.0597. The molecule has 0 bridgehead atoms. The van der Waals surface area contributed by atoms with E-state index in [1.165, 1.54) is 11.3 Å². The Balaban J connectivity index is 1.61. The zero-order chi connectivity index (χ0) is 15.5. The molecular weight excluding hydrogens is 302 g/mol. The molecule has 2 aliphatic rings. The van der Waals surface area contributed by atoms with Gasteiger partial charge in [-0.1, -0.05) is 0 Å². The number of hydrogen-bond donors (Lipinski definition) is 2. The Kier molecular flexibility index (Phi) is 4.56. The summed E-state index contributed by atoms with van der Waals surface area (Å²) in [6, 6.07) is 1.64. The van der Waals surface area contributed by atoms with Gasteiger partial charge in [-0.25, -0.2) is 0 Å². The number of carbonyl (C=O) groups is 2. The van der Waals surface area contributed by atoms with E-state index in [4.69, 9.17) is 5.11 Å². The molecule has 2 N–H and O–H groups in total. The summed E-state index contributed by atoms with van der Waals surface area (Å²) < 4.78 is 0. The van der Waals surface area contributed by atoms with Gasteiger partial charge in [-0.3, -0.25) is 14.5 Å². The molecule has 3 heterocycles. The van der Waals surface area contributed by atoms with E-state index in [1.54, 1.807) is 17.1 Å². The molecule has 2 amide bonds. The molecule has 1 atom stereocenters. The summed E-state index contributed by atoms with van der Waals surface area (Å²) in [6.07, 6.45) is 3.31. The Morgan fingerprint density at radius 2 is 2.32 bits per heavy atom. The van der Waals surface area contributed by atoms with Gasteiger partial charge in [-0.2, -0.15) is 0 Å². The van der Waals surface area contributed by atoms with Gasteiger partial charge in [0, 0.05) is 43.7 Å². The minimum absolute atomic E-state index is 0.0110. The smallest absolute Gasteiger partial charge is 0.246 e. The number of nitrogens with one attached hydrogen (secondary N) is 1. The molecule has 2 aliphatic heterocycles. The number of thiophene rings is 1. The van der Waals surface area contributed by atoms with Crippen LogP contribution in [0.3, 0.4) is 0 Å². The lowest BCUT2D eigenvalue weighted by Crippen LogP contribution is -2.64. The number of fused-ring (bicyclic) bond motifs is 1. The predicted molar refractivity (Wildman–Crippen MR) is 84.2 cm³/mol. The van der Waals surface area contributed by atoms with Crippen LogP contribution in [-0.4, -0.2) is 65.5 Å². The van der Waals surface area contributed by atoms with E-state index in [2.05, 4.69) is 10.2 Å². The lowest BCUT2D eigenvalue weighted by atomic mass is 10.1. The summed E-state index contributed by atoms with van der Waals surface area (Å²) in [5, 5.41) is 13.8. The molecular formula is C15H19N3O3S. The highest BCUT2D eigenvalue weighted by molar-refractivity contribution is 7.11. The van der Waals surface area contributed by atoms with Crippen LogP contribution in [0.2, 0.25) is 0 Å². The maximum Gasteiger partial charge on any atom is 0.246 e. The Hall–Kier alpha value is -1.70. The minimum Gasteiger partial charge on any atom is -0.392 e. The molecule has 0 radical (unpaired) electrons. The first-order valence-corrected chi connectivity index (χ1v) is 8.22. The number of hydrogen-bond acceptors (Lipinski definition) is 5. The van der Waals surface area contributed by atoms with E-state index in [-0.39, 0.29) is 24.5 Å². The first-order valence-electron chi connectivity index (χ1n) is 7.34. The Morgan fingerprint density at radius 1 is 1.45 bits per heavy atom. The molecule has 1 aromatic heterocycles. The largest absolute Gasteiger partial charge is 0.392 e. The normalized spacial score (nSPS) is 22.7. The van der Waals surface area contributed by atoms with Crippen LogP contribution >= 0.6 is 11.3 Å². The number of amides is 2. The van der Waals surface area contributed by atoms with Crippen molar-refractivity contribution in [3.05, 3.63) is 28.0 Å². The summed E-state index contributed by atoms with van der Waals surface area (Å²) in [7, 11) is 0. The zero-order valence-electron chi connectivity index (χ0n) is 12.2. The molecule has 1 unspecified atom stereocenters. The van der Waals surface area contributed by atoms with Crippen LogP contribution in [0.1, 0.15) is 10.4 Å². The van der Waals surface area contributed by atoms with Crippen LogP contribution in [0.5, 0.6) is 0 Å². The molecule has 0 spiro atoms. The quantitative estimate of drug-likeness (QED) is 0.763. The van der Waals surface area contributed by atoms with Gasteiger partial charge in [0.05, 0.1) is 6.61 Å². The highest BCUT2D eigenvalue weighted by Crippen LogP contribution is 2.17. The van der Waals surface area contributed by atoms with Gasteiger partial charge in [0.2, 0.25) is 11.8 Å². The lowest BCUT2D eigenvalue weighted by molar-refractivity contribution is -0.137. The second kappa shape index (κ2) is 6.60. The third-order valence-electron chi connectivity index (χ3n) is 4.05. The molecule has 22 heavy (non-hydrogen) atoms. The van der Waals surface area contributed by atoms with Crippen LogP contribution in [-0.2, 0) is 16.2 Å². The zero-order valence-corrected chi connectivity index (χ0v) is 13.0. The molecule has 0 saturated carbocycles. The molecule has 0 aliphatic carbocycles. The molecule has 0 aromatic carbocycles. The fourth-order valence-electron chi connectivity index (χ4n) is 2.80. The van der Waals surface area contributed by atoms with Gasteiger partial charge in [-0.15, -0.1) is 11.3 Å². The molecule has 2 fully saturated rings. The van der Waals surface area contributed by atoms with E-state index in [0.29, 0.717) is 19.6 Å². The Labute approximate surface area is 133 Å². The highest BCUT2D eigenvalue weighted by atomic mass is 32.1. The van der Waals surface area contributed by atoms with Gasteiger partial charge in [-0.05, 0) is 23.1 Å². The number of nitrogens with zero attached hydrogens (tertiary/aromatic N) is 2. The predicted octanol–water partition coefficient (Wildman–Crippen LogP) is -0.104. The van der Waals surface area contributed by atoms with Crippen molar-refractivity contribution < 1.29 is 14.7 Å². The Morgan fingerprint density at radius 3 is 3.09 bits per heavy atom. The molecule has 1 aromatic rings. The van der Waals surface area contributed by atoms with E-state index < -0.39 is 0 Å². The van der Waals surface area contributed by atoms with E-state index in [1.807, 2.05) is 11.4 Å². The molecule has 6 nitrogen and oxygen atoms in total. The second-order valence-corrected chi connectivity index (χ2v) is 6.42. The minimum atomic E-state index is -0.220. The third kappa shape index (κ3) is 3.21. The molecule has 2 saturated heterocycles. The van der Waals surface area contributed by atoms with E-state index >= 15 is 0 Å². The van der Waals surface area contributed by atoms with Gasteiger partial charge >= 0.3 is 0 Å². The van der Waals surface area contributed by atoms with Gasteiger partial charge in [0.1, 0.15) is 6.04 Å². The SMILES string of the molecule is O=C1NCCN2CCN(C(=O)C=Cc3cc(CO)cs3)CC12. The Bertz CT molecular complexity index is 599. The monoisotopic (exact) mass is 321 g/mol. The van der Waals surface area contributed by atoms with Crippen molar-refractivity contribution in [3.63, 3.8) is 0 Å². The van der Waals surface area contributed by atoms with Crippen molar-refractivity contribution in [1.29, 1.82) is 0 Å². The standard InChI is InChI=1S/C15H19N3O3S/c19-9-11-7-12(22-10-11)1-2-14(20)18-6-5-17-4-3-16-15(21)13(17)8-18/h1-2,7,10,13,19H,3-6,8-9H2,(H,16,21). The fourth-order valence-corrected chi connectivity index (χ4v) is 3.60. The van der Waals surface area contributed by atoms with Gasteiger partial charge in [0.15, 0.2) is 0 Å². The average Bonchev–Trinajstić information content (AvgIpc) is 3.01. The highest BCUT2D eigenvalue weighted by Gasteiger charge is 2.35. The third-order valence-corrected chi connectivity index (χ3v) is 5.00. The second-order valence-electron chi connectivity index (χ2n) is 5.48. The van der Waals surface area contributed by atoms with Crippen LogP contribution in [0.25, 0.3) is 6.08 Å². The lowest BCUT2D eigenvalue weighted by Gasteiger charge is -2.42. The summed E-state index contributed by atoms with van der Waals surface area (Å²) in [5.41, 5.74) is 0.851. The summed E-state index contributed by atoms with van der Waals surface area (Å²) in [6.45, 7) is 3.39. The first-order chi connectivity index (χ1) is 10.7. The van der Waals surface area contributed by atoms with Gasteiger partial charge < -0.3 is 15.3 Å². The van der Waals surface area contributed by atoms with Crippen LogP contribution in [0.15, 0.2) is 17.5 Å². The van der Waals surface area contributed by atoms with E-state index in [0.717, 1.165) is 23.5 Å². The average molecular weight is 321 g/mol. The summed E-state index contributed by atoms with van der Waals surface area (Å²) >= 11 is 1.49. The van der Waals surface area contributed by atoms with Crippen LogP contribution < -0.4 is 5.32 Å². The first kappa shape index (κ1) is 15.2. The van der Waals surface area contributed by atoms with Crippen molar-refractivity contribution in [2.75, 3.05) is 32.7 Å². The van der Waals surface area contributed by atoms with Crippen molar-refractivity contribution in [2.24, 2.45) is 0 Å². The maximum absolute atomic E-state index is 12.3. The number of carbonyl (C=O) groups excluding carboxylic acids is 2. The van der Waals surface area contributed by atoms with Crippen molar-refractivity contribution >= 4 is 29.2 Å². The number of aliphatic hydroxyl groups excluding tert-OH is 1. The van der Waals surface area contributed by atoms with Crippen molar-refractivity contribution in [2.45, 2.75) is 12.6 Å². The topological polar surface area (TPSA) is 72.9 Å². The van der Waals surface area contributed by atoms with Crippen LogP contribution in [0.4, 0.5) is 0 Å². The number of rotatable bonds is 3. The van der Waals surface area contributed by atoms with E-state index in [9.17, 15) is 9.59 Å². The van der Waals surface area contributed by atoms with Crippen LogP contribution in [0, 0.1) is 0 Å². The van der Waals surface area contributed by atoms with Crippen molar-refractivity contribution in [1.82, 2.24) is 15.1 Å². The number of piperazine rings is 2. The summed E-state index contributed by atoms with van der Waals surface area (Å²) in [4.78, 5) is 29.0. The molecule has 7 heteroatoms. The van der Waals surface area contributed by atoms with Gasteiger partial charge in [0.25, 0.3) is 0 Å². The molecule has 118 valence electrons. The maximum atomic E-state index is 12.3. The molecule has 3 rings (SSSR count). The fraction of sp³-hybridized carbons (Fsp3) is 0.467.